The molecule has 7 heteroatoms. The Morgan fingerprint density at radius 2 is 1.48 bits per heavy atom. The number of amides is 1. The van der Waals surface area contributed by atoms with E-state index in [1.165, 1.54) is 0 Å². The van der Waals surface area contributed by atoms with Gasteiger partial charge in [0.2, 0.25) is 5.91 Å². The third-order valence-corrected chi connectivity index (χ3v) is 6.99. The molecule has 7 nitrogen and oxygen atoms in total. The number of benzene rings is 4. The molecule has 1 heterocycles. The standard InChI is InChI=1S/C33H32N4O3/c1-22(35-29(38)21-23-17-19-26(20-18-23)40-25-13-7-4-8-14-25)32(39)31-33(34)37(2)28-16-10-9-15-27(28)30(36-31)24-11-5-3-6-12-24/h3-20,22,31,33H,21,34H2,1-2H3,(H,35,38)/t22?,31?,33-/m0/s1. The van der Waals surface area contributed by atoms with Gasteiger partial charge in [0.1, 0.15) is 23.7 Å². The number of aliphatic imine (C=N–C) groups is 1. The van der Waals surface area contributed by atoms with E-state index in [9.17, 15) is 9.59 Å². The fraction of sp³-hybridized carbons (Fsp3) is 0.182. The molecule has 1 aliphatic heterocycles. The van der Waals surface area contributed by atoms with Crippen molar-refractivity contribution in [2.45, 2.75) is 31.6 Å². The second kappa shape index (κ2) is 12.0. The minimum absolute atomic E-state index is 0.129. The molecule has 0 aliphatic carbocycles. The Hall–Kier alpha value is -4.75. The molecule has 2 unspecified atom stereocenters. The lowest BCUT2D eigenvalue weighted by molar-refractivity contribution is -0.127. The lowest BCUT2D eigenvalue weighted by atomic mass is 10.00. The highest BCUT2D eigenvalue weighted by Crippen LogP contribution is 2.29. The summed E-state index contributed by atoms with van der Waals surface area (Å²) in [5.41, 5.74) is 10.8. The first-order chi connectivity index (χ1) is 19.4. The van der Waals surface area contributed by atoms with Crippen molar-refractivity contribution in [2.75, 3.05) is 11.9 Å². The molecule has 3 atom stereocenters. The van der Waals surface area contributed by atoms with Crippen LogP contribution in [0.15, 0.2) is 114 Å². The first-order valence-electron chi connectivity index (χ1n) is 13.3. The number of para-hydroxylation sites is 2. The number of nitrogens with one attached hydrogen (secondary N) is 1. The zero-order valence-electron chi connectivity index (χ0n) is 22.5. The lowest BCUT2D eigenvalue weighted by Crippen LogP contribution is -2.55. The fourth-order valence-corrected chi connectivity index (χ4v) is 4.80. The number of anilines is 1. The normalized spacial score (nSPS) is 17.2. The first-order valence-corrected chi connectivity index (χ1v) is 13.3. The van der Waals surface area contributed by atoms with Crippen LogP contribution in [0.2, 0.25) is 0 Å². The van der Waals surface area contributed by atoms with Gasteiger partial charge in [-0.3, -0.25) is 14.6 Å². The van der Waals surface area contributed by atoms with E-state index >= 15 is 0 Å². The number of carbonyl (C=O) groups is 2. The highest BCUT2D eigenvalue weighted by Gasteiger charge is 2.36. The van der Waals surface area contributed by atoms with Gasteiger partial charge < -0.3 is 20.7 Å². The van der Waals surface area contributed by atoms with Gasteiger partial charge >= 0.3 is 0 Å². The minimum atomic E-state index is -0.877. The summed E-state index contributed by atoms with van der Waals surface area (Å²) in [5.74, 6) is 0.909. The van der Waals surface area contributed by atoms with Gasteiger partial charge in [-0.1, -0.05) is 78.9 Å². The quantitative estimate of drug-likeness (QED) is 0.342. The van der Waals surface area contributed by atoms with Crippen molar-refractivity contribution >= 4 is 23.1 Å². The second-order valence-corrected chi connectivity index (χ2v) is 9.83. The average molecular weight is 533 g/mol. The summed E-state index contributed by atoms with van der Waals surface area (Å²) >= 11 is 0. The molecule has 0 bridgehead atoms. The van der Waals surface area contributed by atoms with Crippen LogP contribution >= 0.6 is 0 Å². The summed E-state index contributed by atoms with van der Waals surface area (Å²) in [6.07, 6.45) is -0.574. The van der Waals surface area contributed by atoms with Crippen LogP contribution < -0.4 is 20.7 Å². The van der Waals surface area contributed by atoms with Crippen molar-refractivity contribution in [1.82, 2.24) is 5.32 Å². The molecule has 0 spiro atoms. The van der Waals surface area contributed by atoms with Crippen LogP contribution in [0.1, 0.15) is 23.6 Å². The van der Waals surface area contributed by atoms with Gasteiger partial charge in [0, 0.05) is 23.9 Å². The lowest BCUT2D eigenvalue weighted by Gasteiger charge is -2.30. The molecule has 40 heavy (non-hydrogen) atoms. The SMILES string of the molecule is CC(NC(=O)Cc1ccc(Oc2ccccc2)cc1)C(=O)C1N=C(c2ccccc2)c2ccccc2N(C)[C@@H]1N. The molecule has 3 N–H and O–H groups in total. The molecule has 5 rings (SSSR count). The van der Waals surface area contributed by atoms with Gasteiger partial charge in [0.05, 0.1) is 18.2 Å². The molecule has 4 aromatic rings. The zero-order valence-corrected chi connectivity index (χ0v) is 22.5. The van der Waals surface area contributed by atoms with Crippen molar-refractivity contribution in [1.29, 1.82) is 0 Å². The summed E-state index contributed by atoms with van der Waals surface area (Å²) in [5, 5.41) is 2.85. The van der Waals surface area contributed by atoms with Gasteiger partial charge in [0.25, 0.3) is 0 Å². The molecule has 0 saturated carbocycles. The minimum Gasteiger partial charge on any atom is -0.457 e. The van der Waals surface area contributed by atoms with Crippen LogP contribution in [0.4, 0.5) is 5.69 Å². The van der Waals surface area contributed by atoms with Crippen molar-refractivity contribution in [3.63, 3.8) is 0 Å². The van der Waals surface area contributed by atoms with E-state index in [-0.39, 0.29) is 18.1 Å². The topological polar surface area (TPSA) is 97.0 Å². The van der Waals surface area contributed by atoms with Gasteiger partial charge in [-0.25, -0.2) is 0 Å². The Balaban J connectivity index is 1.30. The molecule has 202 valence electrons. The van der Waals surface area contributed by atoms with E-state index in [1.807, 2.05) is 121 Å². The maximum absolute atomic E-state index is 13.7. The Morgan fingerprint density at radius 1 is 0.875 bits per heavy atom. The van der Waals surface area contributed by atoms with Crippen molar-refractivity contribution in [3.05, 3.63) is 126 Å². The van der Waals surface area contributed by atoms with E-state index in [0.717, 1.165) is 28.1 Å². The second-order valence-electron chi connectivity index (χ2n) is 9.83. The smallest absolute Gasteiger partial charge is 0.224 e. The van der Waals surface area contributed by atoms with Crippen LogP contribution in [0.3, 0.4) is 0 Å². The Kier molecular flexibility index (Phi) is 8.03. The van der Waals surface area contributed by atoms with E-state index in [1.54, 1.807) is 6.92 Å². The molecule has 1 amide bonds. The predicted octanol–water partition coefficient (Wildman–Crippen LogP) is 4.74. The average Bonchev–Trinajstić information content (AvgIpc) is 3.09. The maximum Gasteiger partial charge on any atom is 0.224 e. The highest BCUT2D eigenvalue weighted by atomic mass is 16.5. The third-order valence-electron chi connectivity index (χ3n) is 6.99. The Bertz CT molecular complexity index is 1500. The number of likely N-dealkylation sites (N-methyl/N-ethyl adjacent to an activating group) is 1. The number of hydrogen-bond donors (Lipinski definition) is 2. The van der Waals surface area contributed by atoms with E-state index in [2.05, 4.69) is 5.32 Å². The van der Waals surface area contributed by atoms with Crippen molar-refractivity contribution in [2.24, 2.45) is 10.7 Å². The van der Waals surface area contributed by atoms with Gasteiger partial charge in [-0.05, 0) is 42.8 Å². The number of benzodiazepines with no additional fused rings is 1. The molecule has 4 aromatic carbocycles. The molecule has 0 fully saturated rings. The summed E-state index contributed by atoms with van der Waals surface area (Å²) in [6, 6.07) is 32.8. The number of hydrogen-bond acceptors (Lipinski definition) is 6. The number of ether oxygens (including phenoxy) is 1. The number of nitrogens with zero attached hydrogens (tertiary/aromatic N) is 2. The molecular formula is C33H32N4O3. The summed E-state index contributed by atoms with van der Waals surface area (Å²) in [7, 11) is 1.86. The largest absolute Gasteiger partial charge is 0.457 e. The Labute approximate surface area is 234 Å². The van der Waals surface area contributed by atoms with Crippen LogP contribution in [0.5, 0.6) is 11.5 Å². The fourth-order valence-electron chi connectivity index (χ4n) is 4.80. The third kappa shape index (κ3) is 5.95. The van der Waals surface area contributed by atoms with E-state index < -0.39 is 18.2 Å². The number of ketones is 1. The summed E-state index contributed by atoms with van der Waals surface area (Å²) < 4.78 is 5.82. The van der Waals surface area contributed by atoms with Crippen LogP contribution in [0, 0.1) is 0 Å². The van der Waals surface area contributed by atoms with Crippen LogP contribution in [0.25, 0.3) is 0 Å². The van der Waals surface area contributed by atoms with Crippen LogP contribution in [-0.4, -0.2) is 42.7 Å². The van der Waals surface area contributed by atoms with Crippen molar-refractivity contribution < 1.29 is 14.3 Å². The monoisotopic (exact) mass is 532 g/mol. The Morgan fingerprint density at radius 3 is 2.17 bits per heavy atom. The van der Waals surface area contributed by atoms with Gasteiger partial charge in [-0.2, -0.15) is 0 Å². The first kappa shape index (κ1) is 26.8. The summed E-state index contributed by atoms with van der Waals surface area (Å²) in [4.78, 5) is 33.4. The van der Waals surface area contributed by atoms with Crippen LogP contribution in [-0.2, 0) is 16.0 Å². The predicted molar refractivity (Wildman–Crippen MR) is 158 cm³/mol. The van der Waals surface area contributed by atoms with Gasteiger partial charge in [0.15, 0.2) is 5.78 Å². The van der Waals surface area contributed by atoms with Crippen molar-refractivity contribution in [3.8, 4) is 11.5 Å². The molecule has 0 saturated heterocycles. The summed E-state index contributed by atoms with van der Waals surface area (Å²) in [6.45, 7) is 1.68. The number of nitrogens with two attached hydrogens (primary N) is 1. The van der Waals surface area contributed by atoms with Gasteiger partial charge in [-0.15, -0.1) is 0 Å². The number of fused-ring (bicyclic) bond motifs is 1. The molecule has 0 aromatic heterocycles. The number of rotatable bonds is 8. The highest BCUT2D eigenvalue weighted by molar-refractivity contribution is 6.17. The maximum atomic E-state index is 13.7. The van der Waals surface area contributed by atoms with E-state index in [4.69, 9.17) is 15.5 Å². The zero-order chi connectivity index (χ0) is 28.1. The number of carbonyl (C=O) groups excluding carboxylic acids is 2. The molecular weight excluding hydrogens is 500 g/mol. The number of Topliss-reactive ketones (excluding diaryl/α,β-unsaturated/α-hetero) is 1. The molecule has 1 aliphatic rings. The van der Waals surface area contributed by atoms with E-state index in [0.29, 0.717) is 11.5 Å². The molecule has 0 radical (unpaired) electrons.